The minimum Gasteiger partial charge on any atom is -0.313 e. The second-order valence-corrected chi connectivity index (χ2v) is 2.71. The number of piperidine rings is 1. The van der Waals surface area contributed by atoms with Crippen LogP contribution in [0.4, 0.5) is 0 Å². The van der Waals surface area contributed by atoms with E-state index in [1.165, 1.54) is 0 Å². The van der Waals surface area contributed by atoms with Crippen molar-refractivity contribution in [2.75, 3.05) is 6.54 Å². The molecule has 2 nitrogen and oxygen atoms in total. The van der Waals surface area contributed by atoms with Gasteiger partial charge >= 0.3 is 0 Å². The molecule has 2 atom stereocenters. The van der Waals surface area contributed by atoms with Gasteiger partial charge < -0.3 is 5.32 Å². The molecule has 0 unspecified atom stereocenters. The molecule has 1 saturated carbocycles. The zero-order valence-corrected chi connectivity index (χ0v) is 4.68. The quantitative estimate of drug-likeness (QED) is 0.474. The maximum atomic E-state index is 10.8. The summed E-state index contributed by atoms with van der Waals surface area (Å²) in [5.41, 5.74) is 0. The van der Waals surface area contributed by atoms with E-state index in [1.54, 1.807) is 0 Å². The molecule has 44 valence electrons. The maximum absolute atomic E-state index is 10.8. The monoisotopic (exact) mass is 111 g/mol. The highest BCUT2D eigenvalue weighted by Gasteiger charge is 2.37. The fourth-order valence-electron chi connectivity index (χ4n) is 1.63. The lowest BCUT2D eigenvalue weighted by atomic mass is 10.1. The maximum Gasteiger partial charge on any atom is 0.138 e. The van der Waals surface area contributed by atoms with Crippen molar-refractivity contribution in [3.8, 4) is 0 Å². The minimum absolute atomic E-state index is 0.389. The average Bonchev–Trinajstić information content (AvgIpc) is 2.23. The van der Waals surface area contributed by atoms with Gasteiger partial charge in [-0.15, -0.1) is 0 Å². The van der Waals surface area contributed by atoms with Gasteiger partial charge in [-0.1, -0.05) is 0 Å². The lowest BCUT2D eigenvalue weighted by molar-refractivity contribution is -0.121. The summed E-state index contributed by atoms with van der Waals surface area (Å²) in [4.78, 5) is 10.8. The van der Waals surface area contributed by atoms with Crippen LogP contribution in [0.25, 0.3) is 0 Å². The van der Waals surface area contributed by atoms with Crippen molar-refractivity contribution >= 4 is 5.78 Å². The SMILES string of the molecule is O=C1C[C@@H]2C[C@H]1CN2. The molecule has 0 radical (unpaired) electrons. The topological polar surface area (TPSA) is 29.1 Å². The van der Waals surface area contributed by atoms with E-state index in [1.807, 2.05) is 0 Å². The summed E-state index contributed by atoms with van der Waals surface area (Å²) in [5.74, 6) is 0.869. The second kappa shape index (κ2) is 1.32. The van der Waals surface area contributed by atoms with Crippen LogP contribution in [0.15, 0.2) is 0 Å². The van der Waals surface area contributed by atoms with Crippen LogP contribution < -0.4 is 5.32 Å². The third kappa shape index (κ3) is 0.436. The standard InChI is InChI=1S/C6H9NO/c8-6-2-5-1-4(6)3-7-5/h4-5,7H,1-3H2/t4-,5-/m0/s1. The van der Waals surface area contributed by atoms with Crippen molar-refractivity contribution in [3.05, 3.63) is 0 Å². The van der Waals surface area contributed by atoms with Crippen LogP contribution >= 0.6 is 0 Å². The molecular formula is C6H9NO. The van der Waals surface area contributed by atoms with E-state index in [-0.39, 0.29) is 0 Å². The Balaban J connectivity index is 2.22. The number of ketones is 1. The predicted molar refractivity (Wildman–Crippen MR) is 29.5 cm³/mol. The summed E-state index contributed by atoms with van der Waals surface area (Å²) in [6.07, 6.45) is 1.91. The van der Waals surface area contributed by atoms with Gasteiger partial charge in [-0.3, -0.25) is 4.79 Å². The number of carbonyl (C=O) groups is 1. The largest absolute Gasteiger partial charge is 0.313 e. The van der Waals surface area contributed by atoms with Crippen molar-refractivity contribution in [1.29, 1.82) is 0 Å². The fraction of sp³-hybridized carbons (Fsp3) is 0.833. The summed E-state index contributed by atoms with van der Waals surface area (Å²) in [6.45, 7) is 0.948. The molecular weight excluding hydrogens is 102 g/mol. The van der Waals surface area contributed by atoms with E-state index in [4.69, 9.17) is 0 Å². The zero-order chi connectivity index (χ0) is 5.56. The number of rotatable bonds is 0. The van der Waals surface area contributed by atoms with E-state index in [2.05, 4.69) is 5.32 Å². The Bertz CT molecular complexity index is 132. The first-order chi connectivity index (χ1) is 3.86. The van der Waals surface area contributed by atoms with Gasteiger partial charge in [-0.25, -0.2) is 0 Å². The lowest BCUT2D eigenvalue weighted by Gasteiger charge is -2.07. The van der Waals surface area contributed by atoms with Crippen LogP contribution in [0.5, 0.6) is 0 Å². The predicted octanol–water partition coefficient (Wildman–Crippen LogP) is -0.0627. The molecule has 0 aromatic carbocycles. The Labute approximate surface area is 48.3 Å². The molecule has 0 aromatic heterocycles. The molecule has 2 fully saturated rings. The number of hydrogen-bond donors (Lipinski definition) is 1. The van der Waals surface area contributed by atoms with Gasteiger partial charge in [0.15, 0.2) is 0 Å². The third-order valence-electron chi connectivity index (χ3n) is 2.12. The molecule has 0 amide bonds. The van der Waals surface area contributed by atoms with E-state index in [0.29, 0.717) is 17.7 Å². The summed E-state index contributed by atoms with van der Waals surface area (Å²) >= 11 is 0. The minimum atomic E-state index is 0.389. The molecule has 8 heavy (non-hydrogen) atoms. The molecule has 1 N–H and O–H groups in total. The summed E-state index contributed by atoms with van der Waals surface area (Å²) in [6, 6.07) is 0.549. The second-order valence-electron chi connectivity index (χ2n) is 2.71. The van der Waals surface area contributed by atoms with Gasteiger partial charge in [0, 0.05) is 24.9 Å². The number of Topliss-reactive ketones (excluding diaryl/α,β-unsaturated/α-hetero) is 1. The molecule has 2 aliphatic rings. The lowest BCUT2D eigenvalue weighted by Crippen LogP contribution is -2.29. The molecule has 1 saturated heterocycles. The van der Waals surface area contributed by atoms with Crippen molar-refractivity contribution < 1.29 is 4.79 Å². The molecule has 2 heteroatoms. The highest BCUT2D eigenvalue weighted by Crippen LogP contribution is 2.26. The number of nitrogens with one attached hydrogen (secondary N) is 1. The number of hydrogen-bond acceptors (Lipinski definition) is 2. The van der Waals surface area contributed by atoms with Gasteiger partial charge in [-0.2, -0.15) is 0 Å². The summed E-state index contributed by atoms with van der Waals surface area (Å²) < 4.78 is 0. The van der Waals surface area contributed by atoms with Crippen molar-refractivity contribution in [2.24, 2.45) is 5.92 Å². The number of carbonyl (C=O) groups excluding carboxylic acids is 1. The number of fused-ring (bicyclic) bond motifs is 2. The average molecular weight is 111 g/mol. The highest BCUT2D eigenvalue weighted by molar-refractivity contribution is 5.85. The van der Waals surface area contributed by atoms with Gasteiger partial charge in [0.2, 0.25) is 0 Å². The summed E-state index contributed by atoms with van der Waals surface area (Å²) in [5, 5.41) is 3.27. The molecule has 0 spiro atoms. The van der Waals surface area contributed by atoms with Gasteiger partial charge in [-0.05, 0) is 6.42 Å². The van der Waals surface area contributed by atoms with Crippen molar-refractivity contribution in [2.45, 2.75) is 18.9 Å². The van der Waals surface area contributed by atoms with Crippen LogP contribution in [0.1, 0.15) is 12.8 Å². The first-order valence-corrected chi connectivity index (χ1v) is 3.12. The van der Waals surface area contributed by atoms with Crippen LogP contribution in [0.3, 0.4) is 0 Å². The highest BCUT2D eigenvalue weighted by atomic mass is 16.1. The van der Waals surface area contributed by atoms with E-state index < -0.39 is 0 Å². The van der Waals surface area contributed by atoms with Crippen LogP contribution in [0.2, 0.25) is 0 Å². The van der Waals surface area contributed by atoms with E-state index in [0.717, 1.165) is 19.4 Å². The molecule has 1 aliphatic carbocycles. The Kier molecular flexibility index (Phi) is 0.742. The van der Waals surface area contributed by atoms with Crippen LogP contribution in [-0.4, -0.2) is 18.4 Å². The Morgan fingerprint density at radius 2 is 2.50 bits per heavy atom. The molecule has 1 heterocycles. The first kappa shape index (κ1) is 4.50. The summed E-state index contributed by atoms with van der Waals surface area (Å²) in [7, 11) is 0. The van der Waals surface area contributed by atoms with Crippen LogP contribution in [0, 0.1) is 5.92 Å². The Hall–Kier alpha value is -0.370. The van der Waals surface area contributed by atoms with Gasteiger partial charge in [0.25, 0.3) is 0 Å². The smallest absolute Gasteiger partial charge is 0.138 e. The normalized spacial score (nSPS) is 43.8. The molecule has 0 aromatic rings. The fourth-order valence-corrected chi connectivity index (χ4v) is 1.63. The van der Waals surface area contributed by atoms with E-state index >= 15 is 0 Å². The Morgan fingerprint density at radius 3 is 2.75 bits per heavy atom. The van der Waals surface area contributed by atoms with Crippen molar-refractivity contribution in [1.82, 2.24) is 5.32 Å². The van der Waals surface area contributed by atoms with Gasteiger partial charge in [0.05, 0.1) is 0 Å². The zero-order valence-electron chi connectivity index (χ0n) is 4.68. The molecule has 2 bridgehead atoms. The van der Waals surface area contributed by atoms with Gasteiger partial charge in [0.1, 0.15) is 5.78 Å². The van der Waals surface area contributed by atoms with Crippen LogP contribution in [-0.2, 0) is 4.79 Å². The molecule has 2 rings (SSSR count). The Morgan fingerprint density at radius 1 is 1.62 bits per heavy atom. The first-order valence-electron chi connectivity index (χ1n) is 3.12. The van der Waals surface area contributed by atoms with E-state index in [9.17, 15) is 4.79 Å². The molecule has 1 aliphatic heterocycles. The van der Waals surface area contributed by atoms with Crippen molar-refractivity contribution in [3.63, 3.8) is 0 Å². The third-order valence-corrected chi connectivity index (χ3v) is 2.12.